The average Bonchev–Trinajstić information content (AvgIpc) is 3.59. The van der Waals surface area contributed by atoms with Crippen molar-refractivity contribution in [3.05, 3.63) is 112 Å². The van der Waals surface area contributed by atoms with Gasteiger partial charge in [0.1, 0.15) is 0 Å². The largest absolute Gasteiger partial charge is 0.478 e. The van der Waals surface area contributed by atoms with Gasteiger partial charge in [-0.15, -0.1) is 5.10 Å². The van der Waals surface area contributed by atoms with E-state index in [9.17, 15) is 14.7 Å². The molecule has 186 valence electrons. The van der Waals surface area contributed by atoms with Crippen LogP contribution in [0.25, 0.3) is 22.5 Å². The predicted octanol–water partition coefficient (Wildman–Crippen LogP) is 4.63. The maximum atomic E-state index is 13.4. The van der Waals surface area contributed by atoms with Gasteiger partial charge in [-0.1, -0.05) is 80.1 Å². The minimum absolute atomic E-state index is 0.175. The summed E-state index contributed by atoms with van der Waals surface area (Å²) in [6, 6.07) is 22.4. The normalized spacial score (nSPS) is 11.9. The van der Waals surface area contributed by atoms with Crippen LogP contribution in [-0.2, 0) is 6.54 Å². The molecule has 0 amide bonds. The number of aromatic nitrogens is 6. The first-order chi connectivity index (χ1) is 18.1. The molecule has 2 heterocycles. The van der Waals surface area contributed by atoms with Crippen LogP contribution in [0, 0.1) is 0 Å². The second kappa shape index (κ2) is 10.4. The number of imidazole rings is 1. The van der Waals surface area contributed by atoms with Gasteiger partial charge in [-0.3, -0.25) is 9.13 Å². The van der Waals surface area contributed by atoms with E-state index in [2.05, 4.69) is 20.6 Å². The van der Waals surface area contributed by atoms with Crippen LogP contribution in [0.3, 0.4) is 0 Å². The lowest BCUT2D eigenvalue weighted by atomic mass is 9.97. The Morgan fingerprint density at radius 1 is 0.973 bits per heavy atom. The number of aromatic carboxylic acids is 1. The van der Waals surface area contributed by atoms with E-state index >= 15 is 0 Å². The number of carboxylic acids is 1. The van der Waals surface area contributed by atoms with E-state index in [-0.39, 0.29) is 17.3 Å². The summed E-state index contributed by atoms with van der Waals surface area (Å²) in [5.74, 6) is -0.399. The van der Waals surface area contributed by atoms with E-state index in [1.807, 2.05) is 61.5 Å². The zero-order valence-corrected chi connectivity index (χ0v) is 20.3. The van der Waals surface area contributed by atoms with Crippen LogP contribution in [0.4, 0.5) is 0 Å². The molecule has 0 saturated carbocycles. The molecule has 0 aliphatic rings. The third-order valence-electron chi connectivity index (χ3n) is 6.47. The molecule has 2 N–H and O–H groups in total. The molecule has 0 aliphatic heterocycles. The third-order valence-corrected chi connectivity index (χ3v) is 6.47. The number of tetrazole rings is 1. The van der Waals surface area contributed by atoms with E-state index in [0.29, 0.717) is 24.4 Å². The summed E-state index contributed by atoms with van der Waals surface area (Å²) in [7, 11) is 0. The van der Waals surface area contributed by atoms with Crippen LogP contribution in [0.1, 0.15) is 47.3 Å². The zero-order chi connectivity index (χ0) is 25.8. The molecule has 0 spiro atoms. The Hall–Kier alpha value is -4.79. The highest BCUT2D eigenvalue weighted by molar-refractivity contribution is 5.89. The standard InChI is InChI=1S/C28H26N6O3/c1-2-7-25(22-9-4-6-11-24(22)27(35)36)34-17-16-33(28(34)37)18-19-12-14-20(15-13-19)21-8-3-5-10-23(21)26-29-31-32-30-26/h3-6,8-17,25H,2,7,18H2,1H3,(H,35,36)(H,29,30,31,32). The topological polar surface area (TPSA) is 119 Å². The number of nitrogens with zero attached hydrogens (tertiary/aromatic N) is 5. The van der Waals surface area contributed by atoms with Gasteiger partial charge in [0.05, 0.1) is 18.2 Å². The fraction of sp³-hybridized carbons (Fsp3) is 0.179. The number of benzene rings is 3. The highest BCUT2D eigenvalue weighted by Crippen LogP contribution is 2.30. The van der Waals surface area contributed by atoms with Crippen molar-refractivity contribution < 1.29 is 9.90 Å². The molecule has 0 saturated heterocycles. The highest BCUT2D eigenvalue weighted by Gasteiger charge is 2.22. The number of hydrogen-bond donors (Lipinski definition) is 2. The molecule has 9 heteroatoms. The fourth-order valence-electron chi connectivity index (χ4n) is 4.69. The molecule has 0 bridgehead atoms. The lowest BCUT2D eigenvalue weighted by molar-refractivity contribution is 0.0694. The van der Waals surface area contributed by atoms with E-state index in [1.165, 1.54) is 0 Å². The molecule has 9 nitrogen and oxygen atoms in total. The van der Waals surface area contributed by atoms with Crippen LogP contribution in [-0.4, -0.2) is 40.8 Å². The molecule has 1 unspecified atom stereocenters. The van der Waals surface area contributed by atoms with Gasteiger partial charge in [0.2, 0.25) is 0 Å². The lowest BCUT2D eigenvalue weighted by Crippen LogP contribution is -2.29. The number of carbonyl (C=O) groups is 1. The highest BCUT2D eigenvalue weighted by atomic mass is 16.4. The van der Waals surface area contributed by atoms with Crippen molar-refractivity contribution in [1.29, 1.82) is 0 Å². The number of H-pyrrole nitrogens is 1. The zero-order valence-electron chi connectivity index (χ0n) is 20.3. The summed E-state index contributed by atoms with van der Waals surface area (Å²) < 4.78 is 3.29. The Kier molecular flexibility index (Phi) is 6.76. The Morgan fingerprint density at radius 2 is 1.70 bits per heavy atom. The Balaban J connectivity index is 1.41. The molecular weight excluding hydrogens is 468 g/mol. The fourth-order valence-corrected chi connectivity index (χ4v) is 4.69. The molecular formula is C28H26N6O3. The minimum atomic E-state index is -0.995. The van der Waals surface area contributed by atoms with Crippen LogP contribution in [0.5, 0.6) is 0 Å². The summed E-state index contributed by atoms with van der Waals surface area (Å²) in [4.78, 5) is 25.2. The smallest absolute Gasteiger partial charge is 0.336 e. The molecule has 0 radical (unpaired) electrons. The molecule has 2 aromatic heterocycles. The SMILES string of the molecule is CCCC(c1ccccc1C(=O)O)n1ccn(Cc2ccc(-c3ccccc3-c3nnn[nH]3)cc2)c1=O. The molecule has 5 aromatic rings. The predicted molar refractivity (Wildman–Crippen MR) is 139 cm³/mol. The Bertz CT molecular complexity index is 1570. The monoisotopic (exact) mass is 494 g/mol. The van der Waals surface area contributed by atoms with Gasteiger partial charge in [0.25, 0.3) is 0 Å². The van der Waals surface area contributed by atoms with E-state index in [4.69, 9.17) is 0 Å². The van der Waals surface area contributed by atoms with Crippen molar-refractivity contribution in [2.45, 2.75) is 32.4 Å². The molecule has 0 aliphatic carbocycles. The van der Waals surface area contributed by atoms with E-state index in [1.54, 1.807) is 39.7 Å². The average molecular weight is 495 g/mol. The third kappa shape index (κ3) is 4.84. The second-order valence-corrected chi connectivity index (χ2v) is 8.81. The Morgan fingerprint density at radius 3 is 2.41 bits per heavy atom. The van der Waals surface area contributed by atoms with E-state index in [0.717, 1.165) is 28.7 Å². The molecule has 3 aromatic carbocycles. The summed E-state index contributed by atoms with van der Waals surface area (Å²) in [5.41, 5.74) is 4.56. The molecule has 5 rings (SSSR count). The molecule has 1 atom stereocenters. The van der Waals surface area contributed by atoms with Crippen molar-refractivity contribution in [1.82, 2.24) is 29.8 Å². The van der Waals surface area contributed by atoms with Crippen LogP contribution < -0.4 is 5.69 Å². The summed E-state index contributed by atoms with van der Waals surface area (Å²) >= 11 is 0. The van der Waals surface area contributed by atoms with Gasteiger partial charge in [0, 0.05) is 18.0 Å². The number of hydrogen-bond acceptors (Lipinski definition) is 5. The summed E-state index contributed by atoms with van der Waals surface area (Å²) in [6.45, 7) is 2.43. The van der Waals surface area contributed by atoms with Gasteiger partial charge in [-0.25, -0.2) is 14.7 Å². The number of nitrogens with one attached hydrogen (secondary N) is 1. The van der Waals surface area contributed by atoms with E-state index < -0.39 is 5.97 Å². The van der Waals surface area contributed by atoms with Gasteiger partial charge >= 0.3 is 11.7 Å². The lowest BCUT2D eigenvalue weighted by Gasteiger charge is -2.19. The van der Waals surface area contributed by atoms with Crippen LogP contribution >= 0.6 is 0 Å². The van der Waals surface area contributed by atoms with Crippen LogP contribution in [0.2, 0.25) is 0 Å². The first kappa shape index (κ1) is 23.9. The van der Waals surface area contributed by atoms with Crippen molar-refractivity contribution in [3.8, 4) is 22.5 Å². The van der Waals surface area contributed by atoms with Gasteiger partial charge in [0.15, 0.2) is 5.82 Å². The number of aromatic amines is 1. The van der Waals surface area contributed by atoms with Crippen LogP contribution in [0.15, 0.2) is 90.0 Å². The van der Waals surface area contributed by atoms with Gasteiger partial charge in [-0.2, -0.15) is 0 Å². The summed E-state index contributed by atoms with van der Waals surface area (Å²) in [6.07, 6.45) is 4.97. The number of rotatable bonds is 9. The maximum absolute atomic E-state index is 13.4. The second-order valence-electron chi connectivity index (χ2n) is 8.81. The van der Waals surface area contributed by atoms with Gasteiger partial charge in [-0.05, 0) is 45.2 Å². The first-order valence-electron chi connectivity index (χ1n) is 12.1. The minimum Gasteiger partial charge on any atom is -0.478 e. The summed E-state index contributed by atoms with van der Waals surface area (Å²) in [5, 5.41) is 23.9. The molecule has 37 heavy (non-hydrogen) atoms. The first-order valence-corrected chi connectivity index (χ1v) is 12.1. The number of carboxylic acid groups (broad SMARTS) is 1. The van der Waals surface area contributed by atoms with Crippen molar-refractivity contribution >= 4 is 5.97 Å². The van der Waals surface area contributed by atoms with Crippen molar-refractivity contribution in [2.24, 2.45) is 0 Å². The van der Waals surface area contributed by atoms with Crippen molar-refractivity contribution in [2.75, 3.05) is 0 Å². The molecule has 0 fully saturated rings. The maximum Gasteiger partial charge on any atom is 0.336 e. The van der Waals surface area contributed by atoms with Gasteiger partial charge < -0.3 is 5.11 Å². The quantitative estimate of drug-likeness (QED) is 0.308. The Labute approximate surface area is 213 Å². The van der Waals surface area contributed by atoms with Crippen molar-refractivity contribution in [3.63, 3.8) is 0 Å².